The van der Waals surface area contributed by atoms with Crippen LogP contribution in [0, 0.1) is 6.92 Å². The van der Waals surface area contributed by atoms with Gasteiger partial charge in [0.25, 0.3) is 5.91 Å². The second kappa shape index (κ2) is 9.56. The van der Waals surface area contributed by atoms with Crippen molar-refractivity contribution < 1.29 is 14.3 Å². The van der Waals surface area contributed by atoms with E-state index < -0.39 is 0 Å². The van der Waals surface area contributed by atoms with Crippen LogP contribution in [0.4, 0.5) is 0 Å². The highest BCUT2D eigenvalue weighted by Gasteiger charge is 2.27. The molecule has 2 amide bonds. The molecule has 29 heavy (non-hydrogen) atoms. The number of nitrogens with zero attached hydrogens (tertiary/aromatic N) is 2. The molecule has 3 rings (SSSR count). The van der Waals surface area contributed by atoms with E-state index in [1.807, 2.05) is 43.0 Å². The van der Waals surface area contributed by atoms with E-state index in [9.17, 15) is 9.59 Å². The molecule has 2 aromatic carbocycles. The zero-order valence-corrected chi connectivity index (χ0v) is 17.4. The molecular weight excluding hydrogens is 366 g/mol. The molecular formula is C23H29N3O3. The Morgan fingerprint density at radius 2 is 1.62 bits per heavy atom. The summed E-state index contributed by atoms with van der Waals surface area (Å²) in [5, 5.41) is 3.01. The number of amides is 2. The predicted octanol–water partition coefficient (Wildman–Crippen LogP) is 2.47. The van der Waals surface area contributed by atoms with Crippen LogP contribution < -0.4 is 10.1 Å². The van der Waals surface area contributed by atoms with Gasteiger partial charge in [-0.05, 0) is 43.7 Å². The topological polar surface area (TPSA) is 61.9 Å². The summed E-state index contributed by atoms with van der Waals surface area (Å²) in [5.74, 6) is 0.765. The van der Waals surface area contributed by atoms with E-state index in [2.05, 4.69) is 10.2 Å². The van der Waals surface area contributed by atoms with Gasteiger partial charge in [-0.2, -0.15) is 0 Å². The van der Waals surface area contributed by atoms with Crippen LogP contribution >= 0.6 is 0 Å². The lowest BCUT2D eigenvalue weighted by Gasteiger charge is -2.37. The van der Waals surface area contributed by atoms with Gasteiger partial charge in [0.2, 0.25) is 5.91 Å². The van der Waals surface area contributed by atoms with E-state index in [-0.39, 0.29) is 17.9 Å². The predicted molar refractivity (Wildman–Crippen MR) is 113 cm³/mol. The second-order valence-electron chi connectivity index (χ2n) is 7.44. The van der Waals surface area contributed by atoms with Crippen LogP contribution in [-0.2, 0) is 11.3 Å². The summed E-state index contributed by atoms with van der Waals surface area (Å²) in [4.78, 5) is 29.2. The van der Waals surface area contributed by atoms with Gasteiger partial charge in [-0.3, -0.25) is 14.5 Å². The Balaban J connectivity index is 1.47. The highest BCUT2D eigenvalue weighted by molar-refractivity contribution is 5.94. The standard InChI is InChI=1S/C23H29N3O3/c1-17-4-6-19(7-5-17)16-24-22(27)18(2)25-12-14-26(15-13-25)23(28)20-8-10-21(29-3)11-9-20/h4-11,18H,12-16H2,1-3H3,(H,24,27). The van der Waals surface area contributed by atoms with Crippen LogP contribution in [0.5, 0.6) is 5.75 Å². The first-order valence-electron chi connectivity index (χ1n) is 9.98. The minimum atomic E-state index is -0.223. The molecule has 6 nitrogen and oxygen atoms in total. The van der Waals surface area contributed by atoms with Crippen molar-refractivity contribution in [1.29, 1.82) is 0 Å². The van der Waals surface area contributed by atoms with Crippen LogP contribution in [0.2, 0.25) is 0 Å². The van der Waals surface area contributed by atoms with Crippen molar-refractivity contribution in [2.24, 2.45) is 0 Å². The van der Waals surface area contributed by atoms with Gasteiger partial charge < -0.3 is 15.0 Å². The molecule has 0 aromatic heterocycles. The van der Waals surface area contributed by atoms with Crippen molar-refractivity contribution >= 4 is 11.8 Å². The summed E-state index contributed by atoms with van der Waals surface area (Å²) in [6.45, 7) is 7.08. The minimum absolute atomic E-state index is 0.0144. The number of hydrogen-bond donors (Lipinski definition) is 1. The molecule has 154 valence electrons. The minimum Gasteiger partial charge on any atom is -0.497 e. The first-order valence-corrected chi connectivity index (χ1v) is 9.98. The number of ether oxygens (including phenoxy) is 1. The Morgan fingerprint density at radius 1 is 1.00 bits per heavy atom. The zero-order chi connectivity index (χ0) is 20.8. The van der Waals surface area contributed by atoms with Gasteiger partial charge in [0.15, 0.2) is 0 Å². The molecule has 1 saturated heterocycles. The number of carbonyl (C=O) groups excluding carboxylic acids is 2. The average molecular weight is 396 g/mol. The number of carbonyl (C=O) groups is 2. The molecule has 0 bridgehead atoms. The van der Waals surface area contributed by atoms with Crippen molar-refractivity contribution in [3.8, 4) is 5.75 Å². The third-order valence-corrected chi connectivity index (χ3v) is 5.45. The molecule has 0 radical (unpaired) electrons. The summed E-state index contributed by atoms with van der Waals surface area (Å²) in [7, 11) is 1.61. The van der Waals surface area contributed by atoms with E-state index in [0.29, 0.717) is 38.3 Å². The maximum Gasteiger partial charge on any atom is 0.253 e. The number of rotatable bonds is 6. The number of aryl methyl sites for hydroxylation is 1. The van der Waals surface area contributed by atoms with Crippen molar-refractivity contribution in [3.05, 3.63) is 65.2 Å². The van der Waals surface area contributed by atoms with Gasteiger partial charge in [-0.1, -0.05) is 29.8 Å². The number of methoxy groups -OCH3 is 1. The molecule has 1 heterocycles. The first kappa shape index (κ1) is 20.9. The molecule has 1 N–H and O–H groups in total. The van der Waals surface area contributed by atoms with E-state index in [0.717, 1.165) is 11.3 Å². The third kappa shape index (κ3) is 5.35. The lowest BCUT2D eigenvalue weighted by molar-refractivity contribution is -0.126. The fraction of sp³-hybridized carbons (Fsp3) is 0.391. The normalized spacial score (nSPS) is 15.6. The van der Waals surface area contributed by atoms with Crippen molar-refractivity contribution in [3.63, 3.8) is 0 Å². The van der Waals surface area contributed by atoms with Gasteiger partial charge in [-0.15, -0.1) is 0 Å². The van der Waals surface area contributed by atoms with Crippen molar-refractivity contribution in [2.75, 3.05) is 33.3 Å². The third-order valence-electron chi connectivity index (χ3n) is 5.45. The van der Waals surface area contributed by atoms with Crippen LogP contribution in [0.15, 0.2) is 48.5 Å². The summed E-state index contributed by atoms with van der Waals surface area (Å²) < 4.78 is 5.14. The monoisotopic (exact) mass is 395 g/mol. The van der Waals surface area contributed by atoms with E-state index in [1.54, 1.807) is 31.4 Å². The van der Waals surface area contributed by atoms with E-state index >= 15 is 0 Å². The Kier molecular flexibility index (Phi) is 6.88. The average Bonchev–Trinajstić information content (AvgIpc) is 2.77. The van der Waals surface area contributed by atoms with E-state index in [4.69, 9.17) is 4.74 Å². The summed E-state index contributed by atoms with van der Waals surface area (Å²) in [6.07, 6.45) is 0. The Hall–Kier alpha value is -2.86. The summed E-state index contributed by atoms with van der Waals surface area (Å²) in [5.41, 5.74) is 2.95. The number of nitrogens with one attached hydrogen (secondary N) is 1. The van der Waals surface area contributed by atoms with E-state index in [1.165, 1.54) is 5.56 Å². The molecule has 1 fully saturated rings. The molecule has 0 aliphatic carbocycles. The molecule has 2 aromatic rings. The van der Waals surface area contributed by atoms with Gasteiger partial charge in [0.1, 0.15) is 5.75 Å². The van der Waals surface area contributed by atoms with Crippen LogP contribution in [0.3, 0.4) is 0 Å². The largest absolute Gasteiger partial charge is 0.497 e. The van der Waals surface area contributed by atoms with Gasteiger partial charge in [-0.25, -0.2) is 0 Å². The fourth-order valence-corrected chi connectivity index (χ4v) is 3.44. The molecule has 1 aliphatic rings. The molecule has 0 saturated carbocycles. The maximum absolute atomic E-state index is 12.7. The number of piperazine rings is 1. The van der Waals surface area contributed by atoms with Crippen LogP contribution in [-0.4, -0.2) is 60.9 Å². The van der Waals surface area contributed by atoms with Crippen molar-refractivity contribution in [1.82, 2.24) is 15.1 Å². The van der Waals surface area contributed by atoms with Crippen molar-refractivity contribution in [2.45, 2.75) is 26.4 Å². The lowest BCUT2D eigenvalue weighted by Crippen LogP contribution is -2.54. The highest BCUT2D eigenvalue weighted by Crippen LogP contribution is 2.15. The quantitative estimate of drug-likeness (QED) is 0.816. The molecule has 1 unspecified atom stereocenters. The maximum atomic E-state index is 12.7. The lowest BCUT2D eigenvalue weighted by atomic mass is 10.1. The SMILES string of the molecule is COc1ccc(C(=O)N2CCN(C(C)C(=O)NCc3ccc(C)cc3)CC2)cc1. The Labute approximate surface area is 172 Å². The second-order valence-corrected chi connectivity index (χ2v) is 7.44. The Bertz CT molecular complexity index is 825. The Morgan fingerprint density at radius 3 is 2.21 bits per heavy atom. The smallest absolute Gasteiger partial charge is 0.253 e. The first-order chi connectivity index (χ1) is 14.0. The molecule has 0 spiro atoms. The molecule has 6 heteroatoms. The van der Waals surface area contributed by atoms with Crippen LogP contribution in [0.1, 0.15) is 28.4 Å². The number of benzene rings is 2. The van der Waals surface area contributed by atoms with Gasteiger partial charge in [0.05, 0.1) is 13.2 Å². The van der Waals surface area contributed by atoms with Crippen LogP contribution in [0.25, 0.3) is 0 Å². The molecule has 1 aliphatic heterocycles. The van der Waals surface area contributed by atoms with Gasteiger partial charge >= 0.3 is 0 Å². The number of hydrogen-bond acceptors (Lipinski definition) is 4. The van der Waals surface area contributed by atoms with Gasteiger partial charge in [0, 0.05) is 38.3 Å². The highest BCUT2D eigenvalue weighted by atomic mass is 16.5. The zero-order valence-electron chi connectivity index (χ0n) is 17.4. The summed E-state index contributed by atoms with van der Waals surface area (Å²) >= 11 is 0. The molecule has 1 atom stereocenters. The fourth-order valence-electron chi connectivity index (χ4n) is 3.44. The summed E-state index contributed by atoms with van der Waals surface area (Å²) in [6, 6.07) is 15.1.